The first kappa shape index (κ1) is 14.3. The third-order valence-corrected chi connectivity index (χ3v) is 3.22. The lowest BCUT2D eigenvalue weighted by Gasteiger charge is -2.08. The molecule has 0 spiro atoms. The molecule has 1 N–H and O–H groups in total. The number of aromatic nitrogens is 2. The molecule has 0 radical (unpaired) electrons. The van der Waals surface area contributed by atoms with Gasteiger partial charge in [-0.3, -0.25) is 4.79 Å². The highest BCUT2D eigenvalue weighted by atomic mass is 35.5. The van der Waals surface area contributed by atoms with Gasteiger partial charge in [0.05, 0.1) is 6.20 Å². The molecule has 0 fully saturated rings. The van der Waals surface area contributed by atoms with Crippen LogP contribution in [-0.4, -0.2) is 22.7 Å². The second-order valence-corrected chi connectivity index (χ2v) is 5.02. The second-order valence-electron chi connectivity index (χ2n) is 4.58. The molecule has 0 aliphatic heterocycles. The highest BCUT2D eigenvalue weighted by Crippen LogP contribution is 2.21. The summed E-state index contributed by atoms with van der Waals surface area (Å²) in [4.78, 5) is 11.9. The first-order valence-electron chi connectivity index (χ1n) is 6.61. The van der Waals surface area contributed by atoms with Gasteiger partial charge in [-0.05, 0) is 24.3 Å². The highest BCUT2D eigenvalue weighted by molar-refractivity contribution is 6.30. The SMILES string of the molecule is O=C(COc1nncc2ccccc12)Nc1cccc(Cl)c1. The lowest BCUT2D eigenvalue weighted by molar-refractivity contribution is -0.118. The van der Waals surface area contributed by atoms with Gasteiger partial charge < -0.3 is 10.1 Å². The van der Waals surface area contributed by atoms with E-state index in [-0.39, 0.29) is 12.5 Å². The van der Waals surface area contributed by atoms with Crippen LogP contribution >= 0.6 is 11.6 Å². The first-order valence-corrected chi connectivity index (χ1v) is 6.99. The van der Waals surface area contributed by atoms with Crippen molar-refractivity contribution in [2.45, 2.75) is 0 Å². The topological polar surface area (TPSA) is 64.1 Å². The zero-order chi connectivity index (χ0) is 15.4. The standard InChI is InChI=1S/C16H12ClN3O2/c17-12-5-3-6-13(8-12)19-15(21)10-22-16-14-7-2-1-4-11(14)9-18-20-16/h1-9H,10H2,(H,19,21). The van der Waals surface area contributed by atoms with E-state index in [1.54, 1.807) is 30.5 Å². The van der Waals surface area contributed by atoms with Gasteiger partial charge in [0.1, 0.15) is 0 Å². The van der Waals surface area contributed by atoms with Crippen LogP contribution in [0.2, 0.25) is 5.02 Å². The molecule has 0 unspecified atom stereocenters. The van der Waals surface area contributed by atoms with Crippen LogP contribution in [-0.2, 0) is 4.79 Å². The Labute approximate surface area is 131 Å². The van der Waals surface area contributed by atoms with Gasteiger partial charge in [0.2, 0.25) is 5.88 Å². The molecule has 0 saturated heterocycles. The van der Waals surface area contributed by atoms with Gasteiger partial charge in [-0.15, -0.1) is 5.10 Å². The van der Waals surface area contributed by atoms with Gasteiger partial charge in [-0.2, -0.15) is 5.10 Å². The number of carbonyl (C=O) groups excluding carboxylic acids is 1. The number of nitrogens with one attached hydrogen (secondary N) is 1. The van der Waals surface area contributed by atoms with Crippen LogP contribution in [0, 0.1) is 0 Å². The van der Waals surface area contributed by atoms with Crippen molar-refractivity contribution in [1.82, 2.24) is 10.2 Å². The Kier molecular flexibility index (Phi) is 4.16. The average Bonchev–Trinajstić information content (AvgIpc) is 2.53. The highest BCUT2D eigenvalue weighted by Gasteiger charge is 2.08. The number of hydrogen-bond donors (Lipinski definition) is 1. The Morgan fingerprint density at radius 1 is 1.18 bits per heavy atom. The van der Waals surface area contributed by atoms with Crippen LogP contribution in [0.15, 0.2) is 54.7 Å². The summed E-state index contributed by atoms with van der Waals surface area (Å²) in [5.41, 5.74) is 0.616. The normalized spacial score (nSPS) is 10.4. The number of halogens is 1. The average molecular weight is 314 g/mol. The summed E-state index contributed by atoms with van der Waals surface area (Å²) in [5, 5.41) is 12.8. The summed E-state index contributed by atoms with van der Waals surface area (Å²) < 4.78 is 5.46. The Hall–Kier alpha value is -2.66. The van der Waals surface area contributed by atoms with E-state index in [4.69, 9.17) is 16.3 Å². The maximum Gasteiger partial charge on any atom is 0.262 e. The molecule has 0 aliphatic carbocycles. The molecule has 5 nitrogen and oxygen atoms in total. The summed E-state index contributed by atoms with van der Waals surface area (Å²) in [5.74, 6) is 0.0383. The van der Waals surface area contributed by atoms with Crippen molar-refractivity contribution in [2.75, 3.05) is 11.9 Å². The summed E-state index contributed by atoms with van der Waals surface area (Å²) in [7, 11) is 0. The van der Waals surface area contributed by atoms with Crippen molar-refractivity contribution in [1.29, 1.82) is 0 Å². The number of rotatable bonds is 4. The zero-order valence-corrected chi connectivity index (χ0v) is 12.2. The van der Waals surface area contributed by atoms with Crippen molar-refractivity contribution in [3.63, 3.8) is 0 Å². The molecule has 0 aliphatic rings. The maximum absolute atomic E-state index is 11.9. The predicted molar refractivity (Wildman–Crippen MR) is 85.1 cm³/mol. The van der Waals surface area contributed by atoms with Crippen LogP contribution in [0.25, 0.3) is 10.8 Å². The Morgan fingerprint density at radius 3 is 2.91 bits per heavy atom. The van der Waals surface area contributed by atoms with Crippen LogP contribution in [0.1, 0.15) is 0 Å². The number of fused-ring (bicyclic) bond motifs is 1. The molecule has 2 aromatic carbocycles. The third-order valence-electron chi connectivity index (χ3n) is 2.98. The summed E-state index contributed by atoms with van der Waals surface area (Å²) in [6, 6.07) is 14.5. The van der Waals surface area contributed by atoms with E-state index in [0.717, 1.165) is 10.8 Å². The smallest absolute Gasteiger partial charge is 0.262 e. The fourth-order valence-electron chi connectivity index (χ4n) is 2.01. The zero-order valence-electron chi connectivity index (χ0n) is 11.5. The minimum absolute atomic E-state index is 0.158. The van der Waals surface area contributed by atoms with E-state index >= 15 is 0 Å². The number of hydrogen-bond acceptors (Lipinski definition) is 4. The molecule has 1 aromatic heterocycles. The van der Waals surface area contributed by atoms with Crippen LogP contribution in [0.5, 0.6) is 5.88 Å². The van der Waals surface area contributed by atoms with Crippen molar-refractivity contribution < 1.29 is 9.53 Å². The molecule has 0 bridgehead atoms. The summed E-state index contributed by atoms with van der Waals surface area (Å²) >= 11 is 5.87. The molecule has 110 valence electrons. The molecule has 3 rings (SSSR count). The van der Waals surface area contributed by atoms with E-state index < -0.39 is 0 Å². The summed E-state index contributed by atoms with van der Waals surface area (Å²) in [6.07, 6.45) is 1.65. The van der Waals surface area contributed by atoms with Gasteiger partial charge in [0.25, 0.3) is 5.91 Å². The number of nitrogens with zero attached hydrogens (tertiary/aromatic N) is 2. The lowest BCUT2D eigenvalue weighted by atomic mass is 10.2. The van der Waals surface area contributed by atoms with Gasteiger partial charge >= 0.3 is 0 Å². The van der Waals surface area contributed by atoms with Crippen LogP contribution in [0.3, 0.4) is 0 Å². The molecule has 0 saturated carbocycles. The fourth-order valence-corrected chi connectivity index (χ4v) is 2.20. The number of anilines is 1. The maximum atomic E-state index is 11.9. The Balaban J connectivity index is 1.68. The van der Waals surface area contributed by atoms with Crippen molar-refractivity contribution >= 4 is 34.0 Å². The summed E-state index contributed by atoms with van der Waals surface area (Å²) in [6.45, 7) is -0.158. The molecule has 22 heavy (non-hydrogen) atoms. The minimum Gasteiger partial charge on any atom is -0.466 e. The Morgan fingerprint density at radius 2 is 2.05 bits per heavy atom. The van der Waals surface area contributed by atoms with Crippen molar-refractivity contribution in [3.8, 4) is 5.88 Å². The molecule has 1 heterocycles. The lowest BCUT2D eigenvalue weighted by Crippen LogP contribution is -2.20. The molecular weight excluding hydrogens is 302 g/mol. The van der Waals surface area contributed by atoms with E-state index in [1.165, 1.54) is 0 Å². The number of benzene rings is 2. The minimum atomic E-state index is -0.294. The molecular formula is C16H12ClN3O2. The van der Waals surface area contributed by atoms with Crippen LogP contribution < -0.4 is 10.1 Å². The predicted octanol–water partition coefficient (Wildman–Crippen LogP) is 3.30. The van der Waals surface area contributed by atoms with E-state index in [0.29, 0.717) is 16.6 Å². The fraction of sp³-hybridized carbons (Fsp3) is 0.0625. The molecule has 1 amide bonds. The number of amides is 1. The van der Waals surface area contributed by atoms with Crippen LogP contribution in [0.4, 0.5) is 5.69 Å². The largest absolute Gasteiger partial charge is 0.466 e. The van der Waals surface area contributed by atoms with Gasteiger partial charge in [0, 0.05) is 21.5 Å². The quantitative estimate of drug-likeness (QED) is 0.802. The monoisotopic (exact) mass is 313 g/mol. The Bertz CT molecular complexity index is 818. The third kappa shape index (κ3) is 3.32. The van der Waals surface area contributed by atoms with E-state index in [1.807, 2.05) is 24.3 Å². The first-order chi connectivity index (χ1) is 10.7. The van der Waals surface area contributed by atoms with Crippen molar-refractivity contribution in [3.05, 3.63) is 59.8 Å². The molecule has 3 aromatic rings. The molecule has 6 heteroatoms. The van der Waals surface area contributed by atoms with Gasteiger partial charge in [-0.25, -0.2) is 0 Å². The van der Waals surface area contributed by atoms with Gasteiger partial charge in [0.15, 0.2) is 6.61 Å². The molecule has 0 atom stereocenters. The van der Waals surface area contributed by atoms with E-state index in [9.17, 15) is 4.79 Å². The van der Waals surface area contributed by atoms with E-state index in [2.05, 4.69) is 15.5 Å². The number of ether oxygens (including phenoxy) is 1. The number of carbonyl (C=O) groups is 1. The van der Waals surface area contributed by atoms with Gasteiger partial charge in [-0.1, -0.05) is 35.9 Å². The van der Waals surface area contributed by atoms with Crippen molar-refractivity contribution in [2.24, 2.45) is 0 Å². The second kappa shape index (κ2) is 6.41.